The van der Waals surface area contributed by atoms with Crippen molar-refractivity contribution in [2.45, 2.75) is 32.0 Å². The van der Waals surface area contributed by atoms with Crippen LogP contribution in [-0.2, 0) is 17.8 Å². The highest BCUT2D eigenvalue weighted by Gasteiger charge is 2.24. The number of nitrogens with one attached hydrogen (secondary N) is 2. The van der Waals surface area contributed by atoms with Gasteiger partial charge in [-0.15, -0.1) is 0 Å². The van der Waals surface area contributed by atoms with E-state index >= 15 is 0 Å². The summed E-state index contributed by atoms with van der Waals surface area (Å²) in [7, 11) is 0. The number of carbonyl (C=O) groups excluding carboxylic acids is 1. The lowest BCUT2D eigenvalue weighted by Gasteiger charge is -2.26. The Bertz CT molecular complexity index is 624. The molecule has 0 radical (unpaired) electrons. The molecule has 0 saturated carbocycles. The van der Waals surface area contributed by atoms with Gasteiger partial charge in [0.05, 0.1) is 12.1 Å². The average molecular weight is 280 g/mol. The van der Waals surface area contributed by atoms with Crippen molar-refractivity contribution in [1.29, 1.82) is 0 Å². The van der Waals surface area contributed by atoms with Gasteiger partial charge < -0.3 is 10.6 Å². The summed E-state index contributed by atoms with van der Waals surface area (Å²) in [6, 6.07) is 18.2. The summed E-state index contributed by atoms with van der Waals surface area (Å²) in [6.45, 7) is 2.78. The van der Waals surface area contributed by atoms with Gasteiger partial charge in [0.25, 0.3) is 0 Å². The lowest BCUT2D eigenvalue weighted by Crippen LogP contribution is -2.48. The molecule has 3 rings (SSSR count). The molecule has 2 atom stereocenters. The molecule has 0 saturated heterocycles. The largest absolute Gasteiger partial charge is 0.348 e. The fourth-order valence-electron chi connectivity index (χ4n) is 2.78. The topological polar surface area (TPSA) is 41.1 Å². The highest BCUT2D eigenvalue weighted by molar-refractivity contribution is 5.82. The van der Waals surface area contributed by atoms with E-state index in [1.165, 1.54) is 11.1 Å². The number of amides is 1. The maximum atomic E-state index is 12.4. The maximum absolute atomic E-state index is 12.4. The first-order valence-corrected chi connectivity index (χ1v) is 7.39. The molecule has 1 heterocycles. The van der Waals surface area contributed by atoms with Crippen LogP contribution in [0.2, 0.25) is 0 Å². The predicted octanol–water partition coefficient (Wildman–Crippen LogP) is 2.58. The SMILES string of the molecule is C[C@@H](NC(=O)[C@H]1Cc2ccccc2CN1)c1ccccc1. The van der Waals surface area contributed by atoms with Crippen LogP contribution in [0.5, 0.6) is 0 Å². The van der Waals surface area contributed by atoms with Gasteiger partial charge in [-0.1, -0.05) is 54.6 Å². The van der Waals surface area contributed by atoms with Crippen LogP contribution in [0.15, 0.2) is 54.6 Å². The molecule has 1 amide bonds. The van der Waals surface area contributed by atoms with Gasteiger partial charge in [-0.25, -0.2) is 0 Å². The van der Waals surface area contributed by atoms with E-state index in [-0.39, 0.29) is 18.0 Å². The fourth-order valence-corrected chi connectivity index (χ4v) is 2.78. The number of carbonyl (C=O) groups is 1. The quantitative estimate of drug-likeness (QED) is 0.907. The monoisotopic (exact) mass is 280 g/mol. The second-order valence-corrected chi connectivity index (χ2v) is 5.55. The maximum Gasteiger partial charge on any atom is 0.237 e. The molecule has 0 spiro atoms. The Balaban J connectivity index is 1.65. The van der Waals surface area contributed by atoms with Gasteiger partial charge in [0, 0.05) is 6.54 Å². The Hall–Kier alpha value is -2.13. The van der Waals surface area contributed by atoms with Gasteiger partial charge in [-0.3, -0.25) is 4.79 Å². The zero-order valence-electron chi connectivity index (χ0n) is 12.2. The third-order valence-corrected chi connectivity index (χ3v) is 4.06. The molecule has 0 aliphatic carbocycles. The van der Waals surface area contributed by atoms with Gasteiger partial charge in [0.15, 0.2) is 0 Å². The lowest BCUT2D eigenvalue weighted by atomic mass is 9.95. The van der Waals surface area contributed by atoms with E-state index in [9.17, 15) is 4.79 Å². The van der Waals surface area contributed by atoms with Crippen LogP contribution in [0.1, 0.15) is 29.7 Å². The van der Waals surface area contributed by atoms with Crippen LogP contribution in [-0.4, -0.2) is 11.9 Å². The van der Waals surface area contributed by atoms with Crippen molar-refractivity contribution in [1.82, 2.24) is 10.6 Å². The van der Waals surface area contributed by atoms with Gasteiger partial charge in [-0.05, 0) is 30.0 Å². The molecule has 21 heavy (non-hydrogen) atoms. The molecule has 0 fully saturated rings. The second kappa shape index (κ2) is 6.10. The van der Waals surface area contributed by atoms with Crippen LogP contribution < -0.4 is 10.6 Å². The number of fused-ring (bicyclic) bond motifs is 1. The summed E-state index contributed by atoms with van der Waals surface area (Å²) in [5.74, 6) is 0.0702. The van der Waals surface area contributed by atoms with Gasteiger partial charge in [0.2, 0.25) is 5.91 Å². The van der Waals surface area contributed by atoms with Gasteiger partial charge >= 0.3 is 0 Å². The van der Waals surface area contributed by atoms with Crippen molar-refractivity contribution < 1.29 is 4.79 Å². The molecular weight excluding hydrogens is 260 g/mol. The van der Waals surface area contributed by atoms with Crippen LogP contribution in [0, 0.1) is 0 Å². The molecule has 3 nitrogen and oxygen atoms in total. The standard InChI is InChI=1S/C18H20N2O/c1-13(14-7-3-2-4-8-14)20-18(21)17-11-15-9-5-6-10-16(15)12-19-17/h2-10,13,17,19H,11-12H2,1H3,(H,20,21)/t13-,17-/m1/s1. The fraction of sp³-hybridized carbons (Fsp3) is 0.278. The zero-order chi connectivity index (χ0) is 14.7. The summed E-state index contributed by atoms with van der Waals surface area (Å²) in [5, 5.41) is 6.42. The van der Waals surface area contributed by atoms with Gasteiger partial charge in [0.1, 0.15) is 0 Å². The molecule has 0 aromatic heterocycles. The third-order valence-electron chi connectivity index (χ3n) is 4.06. The van der Waals surface area contributed by atoms with E-state index in [0.29, 0.717) is 0 Å². The van der Waals surface area contributed by atoms with E-state index in [0.717, 1.165) is 18.5 Å². The summed E-state index contributed by atoms with van der Waals surface area (Å²) in [6.07, 6.45) is 0.753. The van der Waals surface area contributed by atoms with Crippen molar-refractivity contribution >= 4 is 5.91 Å². The van der Waals surface area contributed by atoms with Crippen molar-refractivity contribution in [2.24, 2.45) is 0 Å². The molecule has 0 unspecified atom stereocenters. The van der Waals surface area contributed by atoms with Crippen molar-refractivity contribution in [3.05, 3.63) is 71.3 Å². The highest BCUT2D eigenvalue weighted by atomic mass is 16.2. The third kappa shape index (κ3) is 3.14. The highest BCUT2D eigenvalue weighted by Crippen LogP contribution is 2.17. The van der Waals surface area contributed by atoms with E-state index < -0.39 is 0 Å². The summed E-state index contributed by atoms with van der Waals surface area (Å²) in [5.41, 5.74) is 3.68. The minimum atomic E-state index is -0.147. The molecule has 1 aliphatic rings. The van der Waals surface area contributed by atoms with Crippen LogP contribution in [0.4, 0.5) is 0 Å². The summed E-state index contributed by atoms with van der Waals surface area (Å²) < 4.78 is 0. The van der Waals surface area contributed by atoms with E-state index in [1.54, 1.807) is 0 Å². The smallest absolute Gasteiger partial charge is 0.237 e. The Morgan fingerprint density at radius 3 is 2.52 bits per heavy atom. The first kappa shape index (κ1) is 13.8. The first-order valence-electron chi connectivity index (χ1n) is 7.39. The Morgan fingerprint density at radius 2 is 1.76 bits per heavy atom. The minimum absolute atomic E-state index is 0.0256. The normalized spacial score (nSPS) is 18.6. The second-order valence-electron chi connectivity index (χ2n) is 5.55. The Kier molecular flexibility index (Phi) is 4.02. The number of hydrogen-bond acceptors (Lipinski definition) is 2. The van der Waals surface area contributed by atoms with Crippen molar-refractivity contribution in [3.63, 3.8) is 0 Å². The summed E-state index contributed by atoms with van der Waals surface area (Å²) in [4.78, 5) is 12.4. The molecule has 108 valence electrons. The van der Waals surface area contributed by atoms with Crippen molar-refractivity contribution in [2.75, 3.05) is 0 Å². The molecule has 0 bridgehead atoms. The molecular formula is C18H20N2O. The summed E-state index contributed by atoms with van der Waals surface area (Å²) >= 11 is 0. The number of rotatable bonds is 3. The zero-order valence-corrected chi connectivity index (χ0v) is 12.2. The van der Waals surface area contributed by atoms with Crippen LogP contribution in [0.25, 0.3) is 0 Å². The van der Waals surface area contributed by atoms with Crippen LogP contribution >= 0.6 is 0 Å². The van der Waals surface area contributed by atoms with Gasteiger partial charge in [-0.2, -0.15) is 0 Å². The predicted molar refractivity (Wildman–Crippen MR) is 83.8 cm³/mol. The van der Waals surface area contributed by atoms with Crippen molar-refractivity contribution in [3.8, 4) is 0 Å². The Morgan fingerprint density at radius 1 is 1.10 bits per heavy atom. The number of hydrogen-bond donors (Lipinski definition) is 2. The van der Waals surface area contributed by atoms with E-state index in [2.05, 4.69) is 22.8 Å². The molecule has 2 aromatic carbocycles. The van der Waals surface area contributed by atoms with Crippen LogP contribution in [0.3, 0.4) is 0 Å². The molecule has 2 aromatic rings. The number of benzene rings is 2. The first-order chi connectivity index (χ1) is 10.2. The Labute approximate surface area is 125 Å². The molecule has 2 N–H and O–H groups in total. The molecule has 3 heteroatoms. The minimum Gasteiger partial charge on any atom is -0.348 e. The lowest BCUT2D eigenvalue weighted by molar-refractivity contribution is -0.124. The van der Waals surface area contributed by atoms with E-state index in [4.69, 9.17) is 0 Å². The molecule has 1 aliphatic heterocycles. The average Bonchev–Trinajstić information content (AvgIpc) is 2.55. The van der Waals surface area contributed by atoms with E-state index in [1.807, 2.05) is 49.4 Å².